The molecular weight excluding hydrogens is 208 g/mol. The van der Waals surface area contributed by atoms with Gasteiger partial charge in [-0.25, -0.2) is 0 Å². The molecule has 0 saturated heterocycles. The SMILES string of the molecule is CCCOC1CCCC1.COC.OCCO. The summed E-state index contributed by atoms with van der Waals surface area (Å²) < 4.78 is 9.80. The average molecular weight is 236 g/mol. The van der Waals surface area contributed by atoms with E-state index in [-0.39, 0.29) is 13.2 Å². The minimum absolute atomic E-state index is 0.125. The summed E-state index contributed by atoms with van der Waals surface area (Å²) in [5, 5.41) is 15.2. The van der Waals surface area contributed by atoms with Crippen LogP contribution < -0.4 is 0 Å². The van der Waals surface area contributed by atoms with Gasteiger partial charge in [0.1, 0.15) is 0 Å². The lowest BCUT2D eigenvalue weighted by atomic mass is 10.3. The molecule has 4 nitrogen and oxygen atoms in total. The van der Waals surface area contributed by atoms with Crippen LogP contribution in [-0.2, 0) is 9.47 Å². The molecule has 0 aliphatic heterocycles. The molecule has 0 atom stereocenters. The van der Waals surface area contributed by atoms with Crippen LogP contribution in [0.15, 0.2) is 0 Å². The monoisotopic (exact) mass is 236 g/mol. The van der Waals surface area contributed by atoms with Crippen LogP contribution in [0, 0.1) is 0 Å². The van der Waals surface area contributed by atoms with E-state index in [0.29, 0.717) is 6.10 Å². The summed E-state index contributed by atoms with van der Waals surface area (Å²) in [6.45, 7) is 2.87. The lowest BCUT2D eigenvalue weighted by molar-refractivity contribution is 0.0589. The number of ether oxygens (including phenoxy) is 2. The highest BCUT2D eigenvalue weighted by atomic mass is 16.5. The second kappa shape index (κ2) is 17.2. The summed E-state index contributed by atoms with van der Waals surface area (Å²) in [4.78, 5) is 0. The third-order valence-corrected chi connectivity index (χ3v) is 1.96. The molecular formula is C12H28O4. The summed E-state index contributed by atoms with van der Waals surface area (Å²) in [6, 6.07) is 0. The van der Waals surface area contributed by atoms with Gasteiger partial charge in [0.2, 0.25) is 0 Å². The third kappa shape index (κ3) is 16.3. The van der Waals surface area contributed by atoms with Gasteiger partial charge in [-0.15, -0.1) is 0 Å². The number of rotatable bonds is 4. The summed E-state index contributed by atoms with van der Waals surface area (Å²) in [6.07, 6.45) is 7.16. The first-order valence-corrected chi connectivity index (χ1v) is 6.00. The van der Waals surface area contributed by atoms with Gasteiger partial charge < -0.3 is 19.7 Å². The van der Waals surface area contributed by atoms with Gasteiger partial charge in [0.05, 0.1) is 19.3 Å². The average Bonchev–Trinajstić information content (AvgIpc) is 2.81. The van der Waals surface area contributed by atoms with Gasteiger partial charge >= 0.3 is 0 Å². The van der Waals surface area contributed by atoms with Crippen LogP contribution in [0.25, 0.3) is 0 Å². The Kier molecular flexibility index (Phi) is 19.6. The van der Waals surface area contributed by atoms with Crippen molar-refractivity contribution in [3.8, 4) is 0 Å². The fourth-order valence-corrected chi connectivity index (χ4v) is 1.34. The molecule has 4 heteroatoms. The fraction of sp³-hybridized carbons (Fsp3) is 1.00. The molecule has 100 valence electrons. The largest absolute Gasteiger partial charge is 0.394 e. The van der Waals surface area contributed by atoms with Gasteiger partial charge in [0.25, 0.3) is 0 Å². The topological polar surface area (TPSA) is 58.9 Å². The van der Waals surface area contributed by atoms with E-state index in [2.05, 4.69) is 11.7 Å². The molecule has 0 spiro atoms. The van der Waals surface area contributed by atoms with E-state index < -0.39 is 0 Å². The molecule has 1 fully saturated rings. The van der Waals surface area contributed by atoms with Crippen LogP contribution in [0.5, 0.6) is 0 Å². The van der Waals surface area contributed by atoms with E-state index in [9.17, 15) is 0 Å². The standard InChI is InChI=1S/C8H16O.C2H6O2.C2H6O/c1-2-7-9-8-5-3-4-6-8;3-1-2-4;1-3-2/h8H,2-7H2,1H3;3-4H,1-2H2;1-2H3. The molecule has 0 heterocycles. The van der Waals surface area contributed by atoms with Crippen LogP contribution in [0.1, 0.15) is 39.0 Å². The van der Waals surface area contributed by atoms with Gasteiger partial charge in [-0.05, 0) is 19.3 Å². The van der Waals surface area contributed by atoms with Gasteiger partial charge in [0, 0.05) is 20.8 Å². The second-order valence-corrected chi connectivity index (χ2v) is 3.63. The Morgan fingerprint density at radius 3 is 1.81 bits per heavy atom. The molecule has 1 aliphatic rings. The Labute approximate surface area is 99.6 Å². The predicted octanol–water partition coefficient (Wildman–Crippen LogP) is 1.59. The summed E-state index contributed by atoms with van der Waals surface area (Å²) in [5.74, 6) is 0. The van der Waals surface area contributed by atoms with Crippen molar-refractivity contribution in [2.24, 2.45) is 0 Å². The summed E-state index contributed by atoms with van der Waals surface area (Å²) in [5.41, 5.74) is 0. The number of methoxy groups -OCH3 is 1. The molecule has 1 saturated carbocycles. The maximum Gasteiger partial charge on any atom is 0.0662 e. The first-order valence-electron chi connectivity index (χ1n) is 6.00. The smallest absolute Gasteiger partial charge is 0.0662 e. The molecule has 0 unspecified atom stereocenters. The van der Waals surface area contributed by atoms with Crippen LogP contribution in [0.2, 0.25) is 0 Å². The number of aliphatic hydroxyl groups excluding tert-OH is 2. The Bertz CT molecular complexity index is 101. The van der Waals surface area contributed by atoms with Crippen molar-refractivity contribution in [3.63, 3.8) is 0 Å². The van der Waals surface area contributed by atoms with E-state index in [1.807, 2.05) is 0 Å². The highest BCUT2D eigenvalue weighted by molar-refractivity contribution is 4.66. The summed E-state index contributed by atoms with van der Waals surface area (Å²) >= 11 is 0. The van der Waals surface area contributed by atoms with E-state index in [0.717, 1.165) is 13.0 Å². The zero-order valence-electron chi connectivity index (χ0n) is 10.9. The second-order valence-electron chi connectivity index (χ2n) is 3.63. The van der Waals surface area contributed by atoms with Crippen molar-refractivity contribution in [3.05, 3.63) is 0 Å². The fourth-order valence-electron chi connectivity index (χ4n) is 1.34. The van der Waals surface area contributed by atoms with E-state index in [1.165, 1.54) is 25.7 Å². The molecule has 16 heavy (non-hydrogen) atoms. The van der Waals surface area contributed by atoms with E-state index in [4.69, 9.17) is 14.9 Å². The molecule has 0 aromatic rings. The summed E-state index contributed by atoms with van der Waals surface area (Å²) in [7, 11) is 3.25. The minimum Gasteiger partial charge on any atom is -0.394 e. The zero-order chi connectivity index (χ0) is 12.6. The molecule has 1 aliphatic carbocycles. The van der Waals surface area contributed by atoms with Crippen molar-refractivity contribution >= 4 is 0 Å². The third-order valence-electron chi connectivity index (χ3n) is 1.96. The number of hydrogen-bond acceptors (Lipinski definition) is 4. The van der Waals surface area contributed by atoms with Gasteiger partial charge in [-0.2, -0.15) is 0 Å². The van der Waals surface area contributed by atoms with Crippen molar-refractivity contribution in [2.75, 3.05) is 34.0 Å². The normalized spacial score (nSPS) is 14.8. The Balaban J connectivity index is 0. The molecule has 0 radical (unpaired) electrons. The maximum absolute atomic E-state index is 7.62. The van der Waals surface area contributed by atoms with Gasteiger partial charge in [-0.1, -0.05) is 19.8 Å². The first-order chi connectivity index (χ1) is 7.76. The van der Waals surface area contributed by atoms with Crippen molar-refractivity contribution < 1.29 is 19.7 Å². The highest BCUT2D eigenvalue weighted by Gasteiger charge is 2.13. The Morgan fingerprint density at radius 1 is 1.06 bits per heavy atom. The highest BCUT2D eigenvalue weighted by Crippen LogP contribution is 2.20. The Hall–Kier alpha value is -0.160. The lowest BCUT2D eigenvalue weighted by Crippen LogP contribution is -2.07. The Morgan fingerprint density at radius 2 is 1.50 bits per heavy atom. The van der Waals surface area contributed by atoms with Gasteiger partial charge in [-0.3, -0.25) is 0 Å². The van der Waals surface area contributed by atoms with Crippen molar-refractivity contribution in [2.45, 2.75) is 45.1 Å². The quantitative estimate of drug-likeness (QED) is 0.778. The molecule has 2 N–H and O–H groups in total. The van der Waals surface area contributed by atoms with E-state index in [1.54, 1.807) is 14.2 Å². The predicted molar refractivity (Wildman–Crippen MR) is 65.6 cm³/mol. The zero-order valence-corrected chi connectivity index (χ0v) is 10.9. The van der Waals surface area contributed by atoms with Crippen molar-refractivity contribution in [1.82, 2.24) is 0 Å². The van der Waals surface area contributed by atoms with Crippen molar-refractivity contribution in [1.29, 1.82) is 0 Å². The van der Waals surface area contributed by atoms with Crippen LogP contribution in [0.4, 0.5) is 0 Å². The van der Waals surface area contributed by atoms with E-state index >= 15 is 0 Å². The first kappa shape index (κ1) is 18.2. The number of hydrogen-bond donors (Lipinski definition) is 2. The molecule has 0 aromatic heterocycles. The van der Waals surface area contributed by atoms with Crippen LogP contribution in [-0.4, -0.2) is 50.4 Å². The molecule has 0 bridgehead atoms. The maximum atomic E-state index is 7.62. The molecule has 0 aromatic carbocycles. The van der Waals surface area contributed by atoms with Crippen LogP contribution in [0.3, 0.4) is 0 Å². The molecule has 0 amide bonds. The van der Waals surface area contributed by atoms with Crippen LogP contribution >= 0.6 is 0 Å². The lowest BCUT2D eigenvalue weighted by Gasteiger charge is -2.08. The van der Waals surface area contributed by atoms with Gasteiger partial charge in [0.15, 0.2) is 0 Å². The molecule has 1 rings (SSSR count). The number of aliphatic hydroxyl groups is 2. The minimum atomic E-state index is -0.125.